The van der Waals surface area contributed by atoms with Crippen LogP contribution in [0.1, 0.15) is 28.0 Å². The normalized spacial score (nSPS) is 10.7. The second-order valence-corrected chi connectivity index (χ2v) is 7.50. The monoisotopic (exact) mass is 425 g/mol. The van der Waals surface area contributed by atoms with Crippen LogP contribution in [0.25, 0.3) is 10.9 Å². The van der Waals surface area contributed by atoms with E-state index in [1.54, 1.807) is 36.4 Å². The highest BCUT2D eigenvalue weighted by Gasteiger charge is 2.13. The lowest BCUT2D eigenvalue weighted by atomic mass is 10.1. The maximum absolute atomic E-state index is 12.6. The number of rotatable bonds is 6. The van der Waals surface area contributed by atoms with Gasteiger partial charge in [-0.05, 0) is 61.4 Å². The van der Waals surface area contributed by atoms with E-state index in [-0.39, 0.29) is 12.3 Å². The number of carbonyl (C=O) groups is 2. The molecule has 3 aromatic carbocycles. The van der Waals surface area contributed by atoms with Gasteiger partial charge in [0, 0.05) is 28.9 Å². The van der Waals surface area contributed by atoms with Crippen molar-refractivity contribution >= 4 is 34.2 Å². The molecule has 0 atom stereocenters. The van der Waals surface area contributed by atoms with Crippen LogP contribution in [-0.4, -0.2) is 16.9 Å². The molecule has 0 radical (unpaired) electrons. The first kappa shape index (κ1) is 21.1. The van der Waals surface area contributed by atoms with Crippen LogP contribution in [-0.2, 0) is 11.2 Å². The molecule has 6 heteroatoms. The summed E-state index contributed by atoms with van der Waals surface area (Å²) in [5.41, 5.74) is 10.3. The van der Waals surface area contributed by atoms with Crippen LogP contribution in [0.4, 0.5) is 11.4 Å². The van der Waals surface area contributed by atoms with Crippen LogP contribution in [0.3, 0.4) is 0 Å². The second kappa shape index (κ2) is 9.31. The molecule has 160 valence electrons. The number of para-hydroxylation sites is 1. The maximum atomic E-state index is 12.6. The number of nitrogens with one attached hydrogen (secondary N) is 1. The Morgan fingerprint density at radius 3 is 2.53 bits per heavy atom. The molecule has 4 aromatic rings. The van der Waals surface area contributed by atoms with E-state index in [1.165, 1.54) is 0 Å². The van der Waals surface area contributed by atoms with Crippen molar-refractivity contribution in [2.45, 2.75) is 19.8 Å². The molecule has 1 amide bonds. The number of nitrogen functional groups attached to an aromatic ring is 1. The molecule has 0 spiro atoms. The molecule has 0 aliphatic carbocycles. The topological polar surface area (TPSA) is 94.3 Å². The van der Waals surface area contributed by atoms with Gasteiger partial charge in [0.25, 0.3) is 0 Å². The smallest absolute Gasteiger partial charge is 0.343 e. The van der Waals surface area contributed by atoms with Crippen molar-refractivity contribution in [2.75, 3.05) is 11.1 Å². The molecule has 32 heavy (non-hydrogen) atoms. The third-order valence-corrected chi connectivity index (χ3v) is 5.06. The molecule has 6 nitrogen and oxygen atoms in total. The standard InChI is InChI=1S/C26H23N3O3/c1-17-15-22(27)21-16-20(12-13-23(21)28-17)29-25(30)14-11-18-7-5-6-10-24(18)32-26(31)19-8-3-2-4-9-19/h2-10,12-13,15-16H,11,14H2,1H3,(H2,27,28)(H,29,30). The van der Waals surface area contributed by atoms with E-state index in [0.29, 0.717) is 29.1 Å². The molecule has 3 N–H and O–H groups in total. The first-order valence-corrected chi connectivity index (χ1v) is 10.3. The fourth-order valence-electron chi connectivity index (χ4n) is 3.48. The molecule has 0 aliphatic heterocycles. The number of nitrogens with zero attached hydrogens (tertiary/aromatic N) is 1. The molecule has 0 aliphatic rings. The first-order chi connectivity index (χ1) is 15.5. The molecular formula is C26H23N3O3. The lowest BCUT2D eigenvalue weighted by Gasteiger charge is -2.11. The molecule has 1 aromatic heterocycles. The van der Waals surface area contributed by atoms with Gasteiger partial charge in [0.15, 0.2) is 0 Å². The third-order valence-electron chi connectivity index (χ3n) is 5.06. The zero-order valence-corrected chi connectivity index (χ0v) is 17.7. The summed E-state index contributed by atoms with van der Waals surface area (Å²) in [7, 11) is 0. The van der Waals surface area contributed by atoms with Crippen molar-refractivity contribution in [3.05, 3.63) is 95.7 Å². The Balaban J connectivity index is 1.41. The summed E-state index contributed by atoms with van der Waals surface area (Å²) >= 11 is 0. The van der Waals surface area contributed by atoms with Crippen molar-refractivity contribution in [1.82, 2.24) is 4.98 Å². The highest BCUT2D eigenvalue weighted by molar-refractivity contribution is 5.97. The summed E-state index contributed by atoms with van der Waals surface area (Å²) in [5, 5.41) is 3.70. The van der Waals surface area contributed by atoms with Gasteiger partial charge in [-0.25, -0.2) is 4.79 Å². The molecule has 0 bridgehead atoms. The van der Waals surface area contributed by atoms with E-state index < -0.39 is 5.97 Å². The summed E-state index contributed by atoms with van der Waals surface area (Å²) in [4.78, 5) is 29.4. The zero-order chi connectivity index (χ0) is 22.5. The average molecular weight is 425 g/mol. The van der Waals surface area contributed by atoms with Crippen molar-refractivity contribution < 1.29 is 14.3 Å². The number of ether oxygens (including phenoxy) is 1. The molecular weight excluding hydrogens is 402 g/mol. The van der Waals surface area contributed by atoms with E-state index in [9.17, 15) is 9.59 Å². The van der Waals surface area contributed by atoms with Crippen LogP contribution in [0.2, 0.25) is 0 Å². The van der Waals surface area contributed by atoms with Crippen LogP contribution >= 0.6 is 0 Å². The van der Waals surface area contributed by atoms with Gasteiger partial charge in [0.05, 0.1) is 11.1 Å². The van der Waals surface area contributed by atoms with Gasteiger partial charge in [-0.3, -0.25) is 9.78 Å². The number of aromatic nitrogens is 1. The molecule has 4 rings (SSSR count). The Kier molecular flexibility index (Phi) is 6.12. The number of pyridine rings is 1. The summed E-state index contributed by atoms with van der Waals surface area (Å²) < 4.78 is 5.56. The minimum absolute atomic E-state index is 0.146. The predicted molar refractivity (Wildman–Crippen MR) is 126 cm³/mol. The number of hydrogen-bond acceptors (Lipinski definition) is 5. The quantitative estimate of drug-likeness (QED) is 0.338. The van der Waals surface area contributed by atoms with Gasteiger partial charge in [0.1, 0.15) is 5.75 Å². The Labute approximate surface area is 186 Å². The summed E-state index contributed by atoms with van der Waals surface area (Å²) in [6, 6.07) is 23.3. The van der Waals surface area contributed by atoms with E-state index in [0.717, 1.165) is 22.2 Å². The minimum atomic E-state index is -0.430. The van der Waals surface area contributed by atoms with Crippen LogP contribution in [0.15, 0.2) is 78.9 Å². The van der Waals surface area contributed by atoms with Gasteiger partial charge in [-0.1, -0.05) is 36.4 Å². The van der Waals surface area contributed by atoms with Crippen molar-refractivity contribution in [3.63, 3.8) is 0 Å². The molecule has 0 unspecified atom stereocenters. The molecule has 1 heterocycles. The van der Waals surface area contributed by atoms with Gasteiger partial charge in [-0.2, -0.15) is 0 Å². The number of amides is 1. The Bertz CT molecular complexity index is 1290. The number of carbonyl (C=O) groups excluding carboxylic acids is 2. The summed E-state index contributed by atoms with van der Waals surface area (Å²) in [6.45, 7) is 1.89. The van der Waals surface area contributed by atoms with Gasteiger partial charge in [-0.15, -0.1) is 0 Å². The number of fused-ring (bicyclic) bond motifs is 1. The van der Waals surface area contributed by atoms with Crippen molar-refractivity contribution in [1.29, 1.82) is 0 Å². The number of hydrogen-bond donors (Lipinski definition) is 2. The number of benzene rings is 3. The first-order valence-electron chi connectivity index (χ1n) is 10.3. The van der Waals surface area contributed by atoms with Crippen LogP contribution < -0.4 is 15.8 Å². The zero-order valence-electron chi connectivity index (χ0n) is 17.7. The van der Waals surface area contributed by atoms with Gasteiger partial charge < -0.3 is 15.8 Å². The molecule has 0 saturated carbocycles. The number of nitrogens with two attached hydrogens (primary N) is 1. The Morgan fingerprint density at radius 2 is 1.72 bits per heavy atom. The minimum Gasteiger partial charge on any atom is -0.423 e. The van der Waals surface area contributed by atoms with Gasteiger partial charge in [0.2, 0.25) is 5.91 Å². The third kappa shape index (κ3) is 4.92. The highest BCUT2D eigenvalue weighted by atomic mass is 16.5. The number of anilines is 2. The van der Waals surface area contributed by atoms with E-state index >= 15 is 0 Å². The van der Waals surface area contributed by atoms with E-state index in [1.807, 2.05) is 49.4 Å². The SMILES string of the molecule is Cc1cc(N)c2cc(NC(=O)CCc3ccccc3OC(=O)c3ccccc3)ccc2n1. The molecule has 0 saturated heterocycles. The lowest BCUT2D eigenvalue weighted by Crippen LogP contribution is -2.13. The summed E-state index contributed by atoms with van der Waals surface area (Å²) in [6.07, 6.45) is 0.667. The van der Waals surface area contributed by atoms with E-state index in [4.69, 9.17) is 10.5 Å². The lowest BCUT2D eigenvalue weighted by molar-refractivity contribution is -0.116. The van der Waals surface area contributed by atoms with E-state index in [2.05, 4.69) is 10.3 Å². The average Bonchev–Trinajstić information content (AvgIpc) is 2.79. The summed E-state index contributed by atoms with van der Waals surface area (Å²) in [5.74, 6) is -0.124. The van der Waals surface area contributed by atoms with Gasteiger partial charge >= 0.3 is 5.97 Å². The fraction of sp³-hybridized carbons (Fsp3) is 0.115. The predicted octanol–water partition coefficient (Wildman–Crippen LogP) is 4.92. The Hall–Kier alpha value is -4.19. The fourth-order valence-corrected chi connectivity index (χ4v) is 3.48. The Morgan fingerprint density at radius 1 is 0.969 bits per heavy atom. The van der Waals surface area contributed by atoms with Crippen molar-refractivity contribution in [2.24, 2.45) is 0 Å². The molecule has 0 fully saturated rings. The number of esters is 1. The highest BCUT2D eigenvalue weighted by Crippen LogP contribution is 2.25. The van der Waals surface area contributed by atoms with Crippen LogP contribution in [0, 0.1) is 6.92 Å². The second-order valence-electron chi connectivity index (χ2n) is 7.50. The largest absolute Gasteiger partial charge is 0.423 e. The van der Waals surface area contributed by atoms with Crippen LogP contribution in [0.5, 0.6) is 5.75 Å². The maximum Gasteiger partial charge on any atom is 0.343 e. The number of aryl methyl sites for hydroxylation is 2. The van der Waals surface area contributed by atoms with Crippen molar-refractivity contribution in [3.8, 4) is 5.75 Å².